The number of nitrogen functional groups attached to an aromatic ring is 1. The van der Waals surface area contributed by atoms with Gasteiger partial charge in [-0.15, -0.1) is 0 Å². The van der Waals surface area contributed by atoms with Crippen LogP contribution >= 0.6 is 15.9 Å². The lowest BCUT2D eigenvalue weighted by Crippen LogP contribution is -1.85. The van der Waals surface area contributed by atoms with Crippen LogP contribution < -0.4 is 5.73 Å². The molecule has 0 saturated carbocycles. The molecule has 0 amide bonds. The summed E-state index contributed by atoms with van der Waals surface area (Å²) < 4.78 is 5.89. The second-order valence-electron chi connectivity index (χ2n) is 3.47. The number of hydrogen-bond acceptors (Lipinski definition) is 3. The zero-order valence-electron chi connectivity index (χ0n) is 8.20. The van der Waals surface area contributed by atoms with E-state index in [2.05, 4.69) is 26.1 Å². The van der Waals surface area contributed by atoms with Gasteiger partial charge < -0.3 is 15.2 Å². The van der Waals surface area contributed by atoms with E-state index in [1.165, 1.54) is 0 Å². The molecule has 2 heterocycles. The lowest BCUT2D eigenvalue weighted by molar-refractivity contribution is 0.436. The average Bonchev–Trinajstić information content (AvgIpc) is 2.86. The molecule has 1 aromatic carbocycles. The predicted octanol–water partition coefficient (Wildman–Crippen LogP) is 3.17. The Morgan fingerprint density at radius 2 is 2.19 bits per heavy atom. The van der Waals surface area contributed by atoms with Gasteiger partial charge in [0.2, 0.25) is 5.88 Å². The Kier molecular flexibility index (Phi) is 2.00. The van der Waals surface area contributed by atoms with Crippen LogP contribution in [0.2, 0.25) is 0 Å². The Morgan fingerprint density at radius 1 is 1.31 bits per heavy atom. The Bertz CT molecular complexity index is 656. The minimum atomic E-state index is 0.334. The topological polar surface area (TPSA) is 67.8 Å². The maximum atomic E-state index is 5.73. The number of nitrogens with two attached hydrogens (primary N) is 1. The molecule has 0 atom stereocenters. The van der Waals surface area contributed by atoms with Crippen LogP contribution in [-0.4, -0.2) is 10.1 Å². The summed E-state index contributed by atoms with van der Waals surface area (Å²) in [6.07, 6.45) is 3.53. The molecule has 0 radical (unpaired) electrons. The van der Waals surface area contributed by atoms with Crippen molar-refractivity contribution >= 4 is 32.7 Å². The number of aromatic amines is 1. The molecule has 3 N–H and O–H groups in total. The molecule has 16 heavy (non-hydrogen) atoms. The van der Waals surface area contributed by atoms with Gasteiger partial charge in [-0.05, 0) is 27.6 Å². The molecular formula is C11H8BrN3O. The van der Waals surface area contributed by atoms with Crippen LogP contribution in [0.3, 0.4) is 0 Å². The number of aromatic nitrogens is 2. The number of nitrogens with zero attached hydrogens (tertiary/aromatic N) is 1. The maximum Gasteiger partial charge on any atom is 0.229 e. The monoisotopic (exact) mass is 277 g/mol. The van der Waals surface area contributed by atoms with Gasteiger partial charge in [-0.2, -0.15) is 0 Å². The van der Waals surface area contributed by atoms with Crippen LogP contribution in [-0.2, 0) is 0 Å². The Labute approximate surface area is 99.6 Å². The Morgan fingerprint density at radius 3 is 2.94 bits per heavy atom. The summed E-state index contributed by atoms with van der Waals surface area (Å²) in [5.74, 6) is 0.334. The zero-order chi connectivity index (χ0) is 11.1. The quantitative estimate of drug-likeness (QED) is 0.718. The van der Waals surface area contributed by atoms with E-state index < -0.39 is 0 Å². The molecule has 0 bridgehead atoms. The summed E-state index contributed by atoms with van der Waals surface area (Å²) in [5.41, 5.74) is 8.59. The van der Waals surface area contributed by atoms with E-state index in [0.717, 1.165) is 26.5 Å². The highest BCUT2D eigenvalue weighted by Crippen LogP contribution is 2.35. The molecule has 0 unspecified atom stereocenters. The maximum absolute atomic E-state index is 5.73. The minimum absolute atomic E-state index is 0.334. The minimum Gasteiger partial charge on any atom is -0.367 e. The number of H-pyrrole nitrogens is 1. The molecular weight excluding hydrogens is 270 g/mol. The van der Waals surface area contributed by atoms with Crippen LogP contribution in [0.4, 0.5) is 5.88 Å². The summed E-state index contributed by atoms with van der Waals surface area (Å²) in [6, 6.07) is 5.96. The first kappa shape index (κ1) is 9.47. The van der Waals surface area contributed by atoms with E-state index >= 15 is 0 Å². The fraction of sp³-hybridized carbons (Fsp3) is 0. The second kappa shape index (κ2) is 3.38. The SMILES string of the molecule is Nc1oncc1-c1cccc2[nH]cc(Br)c12. The normalized spacial score (nSPS) is 11.1. The van der Waals surface area contributed by atoms with Crippen molar-refractivity contribution in [3.05, 3.63) is 35.1 Å². The molecule has 0 aliphatic rings. The fourth-order valence-corrected chi connectivity index (χ4v) is 2.36. The molecule has 5 heteroatoms. The molecule has 3 rings (SSSR count). The first-order chi connectivity index (χ1) is 7.77. The molecule has 0 aliphatic carbocycles. The van der Waals surface area contributed by atoms with Crippen molar-refractivity contribution in [1.82, 2.24) is 10.1 Å². The second-order valence-corrected chi connectivity index (χ2v) is 4.32. The molecule has 0 saturated heterocycles. The lowest BCUT2D eigenvalue weighted by atomic mass is 10.0. The number of anilines is 1. The lowest BCUT2D eigenvalue weighted by Gasteiger charge is -2.01. The highest BCUT2D eigenvalue weighted by molar-refractivity contribution is 9.10. The van der Waals surface area contributed by atoms with Gasteiger partial charge in [-0.1, -0.05) is 17.3 Å². The summed E-state index contributed by atoms with van der Waals surface area (Å²) in [6.45, 7) is 0. The third-order valence-corrected chi connectivity index (χ3v) is 3.17. The zero-order valence-corrected chi connectivity index (χ0v) is 9.78. The number of hydrogen-bond donors (Lipinski definition) is 2. The summed E-state index contributed by atoms with van der Waals surface area (Å²) in [4.78, 5) is 3.17. The Balaban J connectivity index is 2.39. The number of nitrogens with one attached hydrogen (secondary N) is 1. The van der Waals surface area contributed by atoms with Crippen LogP contribution in [0.25, 0.3) is 22.0 Å². The van der Waals surface area contributed by atoms with Crippen molar-refractivity contribution in [2.24, 2.45) is 0 Å². The van der Waals surface area contributed by atoms with Gasteiger partial charge in [-0.3, -0.25) is 0 Å². The third kappa shape index (κ3) is 1.25. The third-order valence-electron chi connectivity index (χ3n) is 2.55. The van der Waals surface area contributed by atoms with E-state index in [4.69, 9.17) is 10.3 Å². The van der Waals surface area contributed by atoms with Crippen LogP contribution in [0.1, 0.15) is 0 Å². The molecule has 0 spiro atoms. The van der Waals surface area contributed by atoms with Crippen molar-refractivity contribution in [1.29, 1.82) is 0 Å². The van der Waals surface area contributed by atoms with Crippen LogP contribution in [0.5, 0.6) is 0 Å². The van der Waals surface area contributed by atoms with E-state index in [1.807, 2.05) is 24.4 Å². The summed E-state index contributed by atoms with van der Waals surface area (Å²) >= 11 is 3.50. The summed E-state index contributed by atoms with van der Waals surface area (Å²) in [7, 11) is 0. The molecule has 4 nitrogen and oxygen atoms in total. The van der Waals surface area contributed by atoms with Crippen molar-refractivity contribution < 1.29 is 4.52 Å². The van der Waals surface area contributed by atoms with Crippen molar-refractivity contribution in [3.8, 4) is 11.1 Å². The molecule has 0 aliphatic heterocycles. The standard InChI is InChI=1S/C11H8BrN3O/c12-8-5-14-9-3-1-2-6(10(8)9)7-4-15-16-11(7)13/h1-5,14H,13H2. The number of halogens is 1. The van der Waals surface area contributed by atoms with Crippen LogP contribution in [0, 0.1) is 0 Å². The molecule has 3 aromatic rings. The van der Waals surface area contributed by atoms with Crippen molar-refractivity contribution in [3.63, 3.8) is 0 Å². The number of benzene rings is 1. The summed E-state index contributed by atoms with van der Waals surface area (Å²) in [5, 5.41) is 4.77. The van der Waals surface area contributed by atoms with Crippen LogP contribution in [0.15, 0.2) is 39.6 Å². The van der Waals surface area contributed by atoms with Gasteiger partial charge in [0.25, 0.3) is 0 Å². The molecule has 80 valence electrons. The van der Waals surface area contributed by atoms with Gasteiger partial charge in [0, 0.05) is 21.6 Å². The van der Waals surface area contributed by atoms with E-state index in [-0.39, 0.29) is 0 Å². The largest absolute Gasteiger partial charge is 0.367 e. The van der Waals surface area contributed by atoms with Gasteiger partial charge >= 0.3 is 0 Å². The van der Waals surface area contributed by atoms with E-state index in [0.29, 0.717) is 5.88 Å². The smallest absolute Gasteiger partial charge is 0.229 e. The molecule has 2 aromatic heterocycles. The molecule has 0 fully saturated rings. The van der Waals surface area contributed by atoms with E-state index in [1.54, 1.807) is 6.20 Å². The number of rotatable bonds is 1. The number of fused-ring (bicyclic) bond motifs is 1. The average molecular weight is 278 g/mol. The van der Waals surface area contributed by atoms with Gasteiger partial charge in [0.1, 0.15) is 0 Å². The Hall–Kier alpha value is -1.75. The highest BCUT2D eigenvalue weighted by Gasteiger charge is 2.13. The first-order valence-corrected chi connectivity index (χ1v) is 5.53. The van der Waals surface area contributed by atoms with Gasteiger partial charge in [0.15, 0.2) is 0 Å². The van der Waals surface area contributed by atoms with Gasteiger partial charge in [0.05, 0.1) is 11.8 Å². The van der Waals surface area contributed by atoms with Gasteiger partial charge in [-0.25, -0.2) is 0 Å². The van der Waals surface area contributed by atoms with E-state index in [9.17, 15) is 0 Å². The fourth-order valence-electron chi connectivity index (χ4n) is 1.82. The predicted molar refractivity (Wildman–Crippen MR) is 65.9 cm³/mol. The first-order valence-electron chi connectivity index (χ1n) is 4.73. The van der Waals surface area contributed by atoms with Crippen molar-refractivity contribution in [2.75, 3.05) is 5.73 Å². The highest BCUT2D eigenvalue weighted by atomic mass is 79.9. The van der Waals surface area contributed by atoms with Crippen molar-refractivity contribution in [2.45, 2.75) is 0 Å².